The molecule has 0 bridgehead atoms. The molecule has 1 aliphatic rings. The molecule has 150 valence electrons. The van der Waals surface area contributed by atoms with E-state index in [0.717, 1.165) is 25.7 Å². The highest BCUT2D eigenvalue weighted by atomic mass is 16.5. The number of carbonyl (C=O) groups excluding carboxylic acids is 2. The van der Waals surface area contributed by atoms with Gasteiger partial charge in [0.25, 0.3) is 5.91 Å². The van der Waals surface area contributed by atoms with Crippen molar-refractivity contribution in [1.82, 2.24) is 5.32 Å². The fourth-order valence-corrected chi connectivity index (χ4v) is 3.02. The summed E-state index contributed by atoms with van der Waals surface area (Å²) in [7, 11) is 1.52. The molecule has 1 fully saturated rings. The van der Waals surface area contributed by atoms with Gasteiger partial charge in [-0.15, -0.1) is 0 Å². The molecule has 1 aliphatic carbocycles. The summed E-state index contributed by atoms with van der Waals surface area (Å²) in [4.78, 5) is 24.7. The zero-order chi connectivity index (χ0) is 19.8. The SMILES string of the molecule is COc1cc(C(=O)O[C@@H](C)C(=O)NC2CCCCC2)ccc1OCC(C)C. The molecule has 0 unspecified atom stereocenters. The average Bonchev–Trinajstić information content (AvgIpc) is 2.66. The predicted molar refractivity (Wildman–Crippen MR) is 103 cm³/mol. The maximum Gasteiger partial charge on any atom is 0.339 e. The standard InChI is InChI=1S/C21H31NO5/c1-14(2)13-26-18-11-10-16(12-19(18)25-4)21(24)27-15(3)20(23)22-17-8-6-5-7-9-17/h10-12,14-15,17H,5-9,13H2,1-4H3,(H,22,23)/t15-/m0/s1. The number of methoxy groups -OCH3 is 1. The van der Waals surface area contributed by atoms with Gasteiger partial charge in [-0.2, -0.15) is 0 Å². The lowest BCUT2D eigenvalue weighted by Crippen LogP contribution is -2.42. The van der Waals surface area contributed by atoms with E-state index in [4.69, 9.17) is 14.2 Å². The number of benzene rings is 1. The topological polar surface area (TPSA) is 73.9 Å². The molecule has 0 aliphatic heterocycles. The van der Waals surface area contributed by atoms with E-state index in [1.807, 2.05) is 0 Å². The zero-order valence-electron chi connectivity index (χ0n) is 16.7. The second-order valence-electron chi connectivity index (χ2n) is 7.46. The number of rotatable bonds is 8. The van der Waals surface area contributed by atoms with E-state index in [-0.39, 0.29) is 11.9 Å². The number of amides is 1. The second kappa shape index (κ2) is 10.2. The van der Waals surface area contributed by atoms with Crippen LogP contribution in [0, 0.1) is 5.92 Å². The highest BCUT2D eigenvalue weighted by molar-refractivity contribution is 5.92. The van der Waals surface area contributed by atoms with Crippen molar-refractivity contribution < 1.29 is 23.8 Å². The van der Waals surface area contributed by atoms with Crippen LogP contribution in [0.3, 0.4) is 0 Å². The smallest absolute Gasteiger partial charge is 0.339 e. The first-order valence-electron chi connectivity index (χ1n) is 9.73. The number of esters is 1. The molecule has 2 rings (SSSR count). The third kappa shape index (κ3) is 6.45. The quantitative estimate of drug-likeness (QED) is 0.699. The second-order valence-corrected chi connectivity index (χ2v) is 7.46. The Kier molecular flexibility index (Phi) is 7.95. The molecule has 6 nitrogen and oxygen atoms in total. The fraction of sp³-hybridized carbons (Fsp3) is 0.619. The number of carbonyl (C=O) groups is 2. The molecule has 1 amide bonds. The Balaban J connectivity index is 1.94. The molecule has 0 aromatic heterocycles. The normalized spacial score (nSPS) is 15.9. The van der Waals surface area contributed by atoms with Gasteiger partial charge in [0.2, 0.25) is 0 Å². The van der Waals surface area contributed by atoms with Gasteiger partial charge in [0.15, 0.2) is 17.6 Å². The Hall–Kier alpha value is -2.24. The highest BCUT2D eigenvalue weighted by Gasteiger charge is 2.23. The summed E-state index contributed by atoms with van der Waals surface area (Å²) in [6.45, 7) is 6.25. The van der Waals surface area contributed by atoms with Crippen molar-refractivity contribution in [3.05, 3.63) is 23.8 Å². The molecular weight excluding hydrogens is 346 g/mol. The summed E-state index contributed by atoms with van der Waals surface area (Å²) in [5.74, 6) is 0.604. The third-order valence-corrected chi connectivity index (χ3v) is 4.58. The molecule has 0 heterocycles. The van der Waals surface area contributed by atoms with E-state index in [0.29, 0.717) is 29.6 Å². The van der Waals surface area contributed by atoms with Gasteiger partial charge in [0.05, 0.1) is 19.3 Å². The zero-order valence-corrected chi connectivity index (χ0v) is 16.7. The van der Waals surface area contributed by atoms with E-state index >= 15 is 0 Å². The van der Waals surface area contributed by atoms with Gasteiger partial charge in [-0.05, 0) is 43.9 Å². The van der Waals surface area contributed by atoms with E-state index < -0.39 is 12.1 Å². The number of hydrogen-bond acceptors (Lipinski definition) is 5. The first kappa shape index (κ1) is 21.1. The number of ether oxygens (including phenoxy) is 3. The summed E-state index contributed by atoms with van der Waals surface area (Å²) >= 11 is 0. The molecular formula is C21H31NO5. The van der Waals surface area contributed by atoms with Crippen LogP contribution in [0.25, 0.3) is 0 Å². The van der Waals surface area contributed by atoms with Crippen molar-refractivity contribution in [3.8, 4) is 11.5 Å². The van der Waals surface area contributed by atoms with Gasteiger partial charge in [0, 0.05) is 6.04 Å². The lowest BCUT2D eigenvalue weighted by atomic mass is 9.95. The van der Waals surface area contributed by atoms with E-state index in [1.165, 1.54) is 13.5 Å². The van der Waals surface area contributed by atoms with Crippen molar-refractivity contribution >= 4 is 11.9 Å². The lowest BCUT2D eigenvalue weighted by Gasteiger charge is -2.24. The molecule has 1 saturated carbocycles. The lowest BCUT2D eigenvalue weighted by molar-refractivity contribution is -0.130. The minimum Gasteiger partial charge on any atom is -0.493 e. The van der Waals surface area contributed by atoms with Gasteiger partial charge in [-0.1, -0.05) is 33.1 Å². The van der Waals surface area contributed by atoms with Crippen LogP contribution in [0.4, 0.5) is 0 Å². The van der Waals surface area contributed by atoms with Crippen molar-refractivity contribution in [2.75, 3.05) is 13.7 Å². The summed E-state index contributed by atoms with van der Waals surface area (Å²) in [6, 6.07) is 5.06. The first-order valence-corrected chi connectivity index (χ1v) is 9.73. The monoisotopic (exact) mass is 377 g/mol. The van der Waals surface area contributed by atoms with E-state index in [9.17, 15) is 9.59 Å². The maximum atomic E-state index is 12.4. The molecule has 0 spiro atoms. The highest BCUT2D eigenvalue weighted by Crippen LogP contribution is 2.29. The van der Waals surface area contributed by atoms with Crippen LogP contribution in [0.2, 0.25) is 0 Å². The van der Waals surface area contributed by atoms with Crippen LogP contribution in [0.1, 0.15) is 63.2 Å². The van der Waals surface area contributed by atoms with Crippen molar-refractivity contribution in [2.24, 2.45) is 5.92 Å². The van der Waals surface area contributed by atoms with Gasteiger partial charge >= 0.3 is 5.97 Å². The Morgan fingerprint density at radius 2 is 1.81 bits per heavy atom. The molecule has 0 radical (unpaired) electrons. The Morgan fingerprint density at radius 3 is 2.44 bits per heavy atom. The molecule has 1 N–H and O–H groups in total. The number of nitrogens with one attached hydrogen (secondary N) is 1. The Morgan fingerprint density at radius 1 is 1.11 bits per heavy atom. The van der Waals surface area contributed by atoms with Crippen LogP contribution in [-0.2, 0) is 9.53 Å². The summed E-state index contributed by atoms with van der Waals surface area (Å²) in [5, 5.41) is 2.97. The maximum absolute atomic E-state index is 12.4. The van der Waals surface area contributed by atoms with Crippen molar-refractivity contribution in [1.29, 1.82) is 0 Å². The van der Waals surface area contributed by atoms with Crippen molar-refractivity contribution in [2.45, 2.75) is 65.0 Å². The van der Waals surface area contributed by atoms with Crippen LogP contribution < -0.4 is 14.8 Å². The van der Waals surface area contributed by atoms with E-state index in [1.54, 1.807) is 25.1 Å². The van der Waals surface area contributed by atoms with Gasteiger partial charge in [0.1, 0.15) is 0 Å². The Labute approximate surface area is 161 Å². The summed E-state index contributed by atoms with van der Waals surface area (Å²) in [5.41, 5.74) is 0.320. The van der Waals surface area contributed by atoms with Crippen LogP contribution in [-0.4, -0.2) is 37.7 Å². The minimum absolute atomic E-state index is 0.185. The first-order chi connectivity index (χ1) is 12.9. The average molecular weight is 377 g/mol. The van der Waals surface area contributed by atoms with Gasteiger partial charge < -0.3 is 19.5 Å². The largest absolute Gasteiger partial charge is 0.493 e. The van der Waals surface area contributed by atoms with Crippen LogP contribution in [0.5, 0.6) is 11.5 Å². The Bertz CT molecular complexity index is 637. The number of hydrogen-bond donors (Lipinski definition) is 1. The van der Waals surface area contributed by atoms with E-state index in [2.05, 4.69) is 19.2 Å². The van der Waals surface area contributed by atoms with Crippen LogP contribution in [0.15, 0.2) is 18.2 Å². The summed E-state index contributed by atoms with van der Waals surface area (Å²) in [6.07, 6.45) is 4.61. The fourth-order valence-electron chi connectivity index (χ4n) is 3.02. The predicted octanol–water partition coefficient (Wildman–Crippen LogP) is 3.72. The molecule has 0 saturated heterocycles. The molecule has 6 heteroatoms. The molecule has 1 aromatic carbocycles. The third-order valence-electron chi connectivity index (χ3n) is 4.58. The van der Waals surface area contributed by atoms with Gasteiger partial charge in [-0.3, -0.25) is 4.79 Å². The molecule has 1 atom stereocenters. The summed E-state index contributed by atoms with van der Waals surface area (Å²) < 4.78 is 16.3. The van der Waals surface area contributed by atoms with Crippen molar-refractivity contribution in [3.63, 3.8) is 0 Å². The van der Waals surface area contributed by atoms with Gasteiger partial charge in [-0.25, -0.2) is 4.79 Å². The molecule has 1 aromatic rings. The minimum atomic E-state index is -0.845. The van der Waals surface area contributed by atoms with Crippen LogP contribution >= 0.6 is 0 Å². The molecule has 27 heavy (non-hydrogen) atoms.